The van der Waals surface area contributed by atoms with E-state index in [0.717, 1.165) is 6.61 Å². The third kappa shape index (κ3) is 5.58. The largest absolute Gasteiger partial charge is 0.392 e. The van der Waals surface area contributed by atoms with Crippen molar-refractivity contribution in [3.63, 3.8) is 0 Å². The summed E-state index contributed by atoms with van der Waals surface area (Å²) in [5.74, 6) is 0.608. The van der Waals surface area contributed by atoms with Gasteiger partial charge in [0.05, 0.1) is 19.0 Å². The summed E-state index contributed by atoms with van der Waals surface area (Å²) in [6.07, 6.45) is 2.46. The number of rotatable bonds is 9. The Balaban J connectivity index is 1.74. The molecule has 2 N–H and O–H groups in total. The molecule has 0 aromatic heterocycles. The molecule has 20 heavy (non-hydrogen) atoms. The molecule has 6 heteroatoms. The summed E-state index contributed by atoms with van der Waals surface area (Å²) in [6, 6.07) is 6.94. The van der Waals surface area contributed by atoms with Crippen molar-refractivity contribution in [3.8, 4) is 0 Å². The van der Waals surface area contributed by atoms with Crippen LogP contribution in [0, 0.1) is 5.92 Å². The van der Waals surface area contributed by atoms with Gasteiger partial charge in [-0.05, 0) is 29.9 Å². The first-order valence-corrected chi connectivity index (χ1v) is 8.48. The van der Waals surface area contributed by atoms with Crippen molar-refractivity contribution in [3.05, 3.63) is 35.4 Å². The molecule has 0 unspecified atom stereocenters. The number of aliphatic hydroxyl groups excluding tert-OH is 1. The minimum atomic E-state index is -3.36. The number of benzene rings is 1. The first-order valence-electron chi connectivity index (χ1n) is 6.83. The van der Waals surface area contributed by atoms with Crippen LogP contribution in [0.2, 0.25) is 0 Å². The molecule has 2 rings (SSSR count). The Morgan fingerprint density at radius 1 is 1.30 bits per heavy atom. The average molecular weight is 299 g/mol. The summed E-state index contributed by atoms with van der Waals surface area (Å²) in [6.45, 7) is 1.36. The van der Waals surface area contributed by atoms with Crippen molar-refractivity contribution in [2.24, 2.45) is 5.92 Å². The van der Waals surface area contributed by atoms with E-state index < -0.39 is 10.0 Å². The molecule has 1 aromatic carbocycles. The van der Waals surface area contributed by atoms with Gasteiger partial charge in [-0.3, -0.25) is 0 Å². The number of hydrogen-bond donors (Lipinski definition) is 2. The zero-order chi connectivity index (χ0) is 14.4. The lowest BCUT2D eigenvalue weighted by Crippen LogP contribution is -2.28. The number of sulfonamides is 1. The van der Waals surface area contributed by atoms with Crippen LogP contribution in [0.4, 0.5) is 0 Å². The second-order valence-corrected chi connectivity index (χ2v) is 6.96. The lowest BCUT2D eigenvalue weighted by atomic mass is 10.1. The van der Waals surface area contributed by atoms with Gasteiger partial charge in [0.25, 0.3) is 0 Å². The van der Waals surface area contributed by atoms with E-state index in [2.05, 4.69) is 4.72 Å². The van der Waals surface area contributed by atoms with Gasteiger partial charge in [-0.25, -0.2) is 13.1 Å². The van der Waals surface area contributed by atoms with E-state index in [4.69, 9.17) is 9.84 Å². The van der Waals surface area contributed by atoms with Crippen LogP contribution in [-0.2, 0) is 27.1 Å². The van der Waals surface area contributed by atoms with Gasteiger partial charge >= 0.3 is 0 Å². The Morgan fingerprint density at radius 2 is 2.05 bits per heavy atom. The zero-order valence-electron chi connectivity index (χ0n) is 11.4. The maximum Gasteiger partial charge on any atom is 0.215 e. The molecular formula is C14H21NO4S. The van der Waals surface area contributed by atoms with Crippen LogP contribution < -0.4 is 4.72 Å². The summed E-state index contributed by atoms with van der Waals surface area (Å²) in [7, 11) is -3.36. The van der Waals surface area contributed by atoms with Crippen molar-refractivity contribution in [1.29, 1.82) is 0 Å². The molecule has 1 aliphatic carbocycles. The van der Waals surface area contributed by atoms with E-state index in [0.29, 0.717) is 30.2 Å². The zero-order valence-corrected chi connectivity index (χ0v) is 12.2. The van der Waals surface area contributed by atoms with Crippen LogP contribution in [-0.4, -0.2) is 33.3 Å². The highest BCUT2D eigenvalue weighted by Crippen LogP contribution is 2.28. The van der Waals surface area contributed by atoms with E-state index in [1.165, 1.54) is 12.8 Å². The summed E-state index contributed by atoms with van der Waals surface area (Å²) in [4.78, 5) is 0. The summed E-state index contributed by atoms with van der Waals surface area (Å²) in [5, 5.41) is 9.03. The second kappa shape index (κ2) is 7.17. The Hall–Kier alpha value is -0.950. The molecule has 0 amide bonds. The minimum absolute atomic E-state index is 0.0799. The maximum absolute atomic E-state index is 11.9. The Bertz CT molecular complexity index is 526. The van der Waals surface area contributed by atoms with Crippen molar-refractivity contribution < 1.29 is 18.3 Å². The molecule has 1 saturated carbocycles. The van der Waals surface area contributed by atoms with Gasteiger partial charge in [-0.15, -0.1) is 0 Å². The lowest BCUT2D eigenvalue weighted by Gasteiger charge is -2.08. The predicted molar refractivity (Wildman–Crippen MR) is 76.5 cm³/mol. The van der Waals surface area contributed by atoms with Crippen molar-refractivity contribution in [1.82, 2.24) is 4.72 Å². The molecule has 0 heterocycles. The van der Waals surface area contributed by atoms with Gasteiger partial charge in [0.15, 0.2) is 0 Å². The third-order valence-corrected chi connectivity index (χ3v) is 4.51. The van der Waals surface area contributed by atoms with E-state index in [1.54, 1.807) is 24.3 Å². The molecule has 0 aliphatic heterocycles. The fourth-order valence-electron chi connectivity index (χ4n) is 1.89. The standard InChI is InChI=1S/C14H21NO4S/c16-9-13-2-1-3-14(8-13)11-20(17,18)15-6-7-19-10-12-4-5-12/h1-3,8,12,15-16H,4-7,9-11H2. The van der Waals surface area contributed by atoms with Gasteiger partial charge in [0.1, 0.15) is 0 Å². The molecule has 1 aromatic rings. The Labute approximate surface area is 120 Å². The van der Waals surface area contributed by atoms with Crippen molar-refractivity contribution in [2.45, 2.75) is 25.2 Å². The number of aliphatic hydroxyl groups is 1. The maximum atomic E-state index is 11.9. The first-order chi connectivity index (χ1) is 9.59. The first kappa shape index (κ1) is 15.4. The fourth-order valence-corrected chi connectivity index (χ4v) is 3.01. The quantitative estimate of drug-likeness (QED) is 0.668. The molecule has 1 aliphatic rings. The molecule has 112 valence electrons. The second-order valence-electron chi connectivity index (χ2n) is 5.15. The van der Waals surface area contributed by atoms with Gasteiger partial charge in [0, 0.05) is 13.2 Å². The lowest BCUT2D eigenvalue weighted by molar-refractivity contribution is 0.129. The molecular weight excluding hydrogens is 278 g/mol. The van der Waals surface area contributed by atoms with Gasteiger partial charge in [-0.1, -0.05) is 24.3 Å². The van der Waals surface area contributed by atoms with Crippen LogP contribution in [0.15, 0.2) is 24.3 Å². The highest BCUT2D eigenvalue weighted by molar-refractivity contribution is 7.88. The predicted octanol–water partition coefficient (Wildman–Crippen LogP) is 1.02. The highest BCUT2D eigenvalue weighted by Gasteiger charge is 2.21. The van der Waals surface area contributed by atoms with Gasteiger partial charge in [0.2, 0.25) is 10.0 Å². The van der Waals surface area contributed by atoms with Crippen LogP contribution in [0.3, 0.4) is 0 Å². The highest BCUT2D eigenvalue weighted by atomic mass is 32.2. The van der Waals surface area contributed by atoms with E-state index in [9.17, 15) is 8.42 Å². The fraction of sp³-hybridized carbons (Fsp3) is 0.571. The third-order valence-electron chi connectivity index (χ3n) is 3.15. The van der Waals surface area contributed by atoms with Gasteiger partial charge < -0.3 is 9.84 Å². The topological polar surface area (TPSA) is 75.6 Å². The normalized spacial score (nSPS) is 15.4. The molecule has 0 atom stereocenters. The number of ether oxygens (including phenoxy) is 1. The summed E-state index contributed by atoms with van der Waals surface area (Å²) in [5.41, 5.74) is 1.38. The van der Waals surface area contributed by atoms with E-state index in [-0.39, 0.29) is 12.4 Å². The molecule has 0 spiro atoms. The van der Waals surface area contributed by atoms with Crippen LogP contribution in [0.5, 0.6) is 0 Å². The number of nitrogens with one attached hydrogen (secondary N) is 1. The molecule has 1 fully saturated rings. The van der Waals surface area contributed by atoms with Crippen LogP contribution in [0.1, 0.15) is 24.0 Å². The Morgan fingerprint density at radius 3 is 2.75 bits per heavy atom. The van der Waals surface area contributed by atoms with E-state index in [1.807, 2.05) is 0 Å². The average Bonchev–Trinajstić information content (AvgIpc) is 3.22. The van der Waals surface area contributed by atoms with Crippen molar-refractivity contribution in [2.75, 3.05) is 19.8 Å². The molecule has 0 saturated heterocycles. The summed E-state index contributed by atoms with van der Waals surface area (Å²) < 4.78 is 31.7. The number of hydrogen-bond acceptors (Lipinski definition) is 4. The van der Waals surface area contributed by atoms with Crippen LogP contribution in [0.25, 0.3) is 0 Å². The monoisotopic (exact) mass is 299 g/mol. The van der Waals surface area contributed by atoms with Crippen molar-refractivity contribution >= 4 is 10.0 Å². The minimum Gasteiger partial charge on any atom is -0.392 e. The van der Waals surface area contributed by atoms with E-state index >= 15 is 0 Å². The SMILES string of the molecule is O=S(=O)(Cc1cccc(CO)c1)NCCOCC1CC1. The smallest absolute Gasteiger partial charge is 0.215 e. The van der Waals surface area contributed by atoms with Gasteiger partial charge in [-0.2, -0.15) is 0 Å². The van der Waals surface area contributed by atoms with Crippen LogP contribution >= 0.6 is 0 Å². The Kier molecular flexibility index (Phi) is 5.54. The summed E-state index contributed by atoms with van der Waals surface area (Å²) >= 11 is 0. The molecule has 0 bridgehead atoms. The molecule has 5 nitrogen and oxygen atoms in total. The molecule has 0 radical (unpaired) electrons.